The van der Waals surface area contributed by atoms with Crippen molar-refractivity contribution in [1.29, 1.82) is 0 Å². The van der Waals surface area contributed by atoms with Gasteiger partial charge in [0.25, 0.3) is 0 Å². The molecule has 0 heterocycles. The third-order valence-corrected chi connectivity index (χ3v) is 4.56. The van der Waals surface area contributed by atoms with Crippen LogP contribution >= 0.6 is 0 Å². The molecular formula is C18H36N2. The van der Waals surface area contributed by atoms with Gasteiger partial charge in [-0.3, -0.25) is 0 Å². The first-order valence-corrected chi connectivity index (χ1v) is 9.17. The molecule has 0 unspecified atom stereocenters. The van der Waals surface area contributed by atoms with E-state index in [0.29, 0.717) is 0 Å². The van der Waals surface area contributed by atoms with Gasteiger partial charge < -0.3 is 10.2 Å². The summed E-state index contributed by atoms with van der Waals surface area (Å²) in [6.45, 7) is 11.1. The average molecular weight is 280 g/mol. The second-order valence-electron chi connectivity index (χ2n) is 7.66. The minimum absolute atomic E-state index is 0.786. The van der Waals surface area contributed by atoms with Gasteiger partial charge in [-0.2, -0.15) is 0 Å². The Kier molecular flexibility index (Phi) is 7.37. The highest BCUT2D eigenvalue weighted by Gasteiger charge is 2.28. The van der Waals surface area contributed by atoms with E-state index in [2.05, 4.69) is 24.1 Å². The van der Waals surface area contributed by atoms with Crippen molar-refractivity contribution in [2.24, 2.45) is 17.8 Å². The number of rotatable bonds is 13. The Balaban J connectivity index is 1.41. The zero-order valence-electron chi connectivity index (χ0n) is 13.9. The molecule has 0 aromatic carbocycles. The maximum absolute atomic E-state index is 3.54. The molecule has 2 saturated carbocycles. The minimum atomic E-state index is 0.786. The van der Waals surface area contributed by atoms with Crippen LogP contribution in [0.25, 0.3) is 0 Å². The van der Waals surface area contributed by atoms with E-state index in [1.807, 2.05) is 0 Å². The van der Waals surface area contributed by atoms with Crippen molar-refractivity contribution >= 4 is 0 Å². The quantitative estimate of drug-likeness (QED) is 0.515. The predicted molar refractivity (Wildman–Crippen MR) is 88.1 cm³/mol. The summed E-state index contributed by atoms with van der Waals surface area (Å²) in [5, 5.41) is 3.54. The summed E-state index contributed by atoms with van der Waals surface area (Å²) in [6, 6.07) is 0. The third-order valence-electron chi connectivity index (χ3n) is 4.56. The van der Waals surface area contributed by atoms with Crippen LogP contribution < -0.4 is 5.32 Å². The van der Waals surface area contributed by atoms with Crippen LogP contribution in [0.5, 0.6) is 0 Å². The molecule has 0 saturated heterocycles. The van der Waals surface area contributed by atoms with Gasteiger partial charge in [0.15, 0.2) is 0 Å². The molecular weight excluding hydrogens is 244 g/mol. The molecule has 0 aliphatic heterocycles. The molecule has 2 aliphatic carbocycles. The van der Waals surface area contributed by atoms with Gasteiger partial charge in [0.1, 0.15) is 0 Å². The third kappa shape index (κ3) is 8.26. The van der Waals surface area contributed by atoms with Gasteiger partial charge in [-0.25, -0.2) is 0 Å². The van der Waals surface area contributed by atoms with Crippen molar-refractivity contribution in [3.63, 3.8) is 0 Å². The molecule has 0 aromatic heterocycles. The van der Waals surface area contributed by atoms with Gasteiger partial charge in [-0.15, -0.1) is 0 Å². The van der Waals surface area contributed by atoms with E-state index in [4.69, 9.17) is 0 Å². The van der Waals surface area contributed by atoms with E-state index in [1.165, 1.54) is 84.1 Å². The Morgan fingerprint density at radius 1 is 0.900 bits per heavy atom. The predicted octanol–water partition coefficient (Wildman–Crippen LogP) is 3.91. The highest BCUT2D eigenvalue weighted by Crippen LogP contribution is 2.33. The molecule has 2 fully saturated rings. The Morgan fingerprint density at radius 2 is 1.50 bits per heavy atom. The van der Waals surface area contributed by atoms with E-state index >= 15 is 0 Å². The molecule has 20 heavy (non-hydrogen) atoms. The maximum atomic E-state index is 3.54. The summed E-state index contributed by atoms with van der Waals surface area (Å²) >= 11 is 0. The molecule has 0 amide bonds. The Bertz CT molecular complexity index is 230. The molecule has 2 nitrogen and oxygen atoms in total. The lowest BCUT2D eigenvalue weighted by Gasteiger charge is -2.22. The first kappa shape index (κ1) is 16.3. The van der Waals surface area contributed by atoms with Crippen LogP contribution in [0.2, 0.25) is 0 Å². The molecule has 0 radical (unpaired) electrons. The summed E-state index contributed by atoms with van der Waals surface area (Å²) < 4.78 is 0. The van der Waals surface area contributed by atoms with Crippen molar-refractivity contribution in [1.82, 2.24) is 10.2 Å². The molecule has 0 aromatic rings. The van der Waals surface area contributed by atoms with Crippen molar-refractivity contribution < 1.29 is 0 Å². The van der Waals surface area contributed by atoms with Crippen molar-refractivity contribution in [2.75, 3.05) is 32.7 Å². The summed E-state index contributed by atoms with van der Waals surface area (Å²) in [6.07, 6.45) is 11.6. The molecule has 2 heteroatoms. The smallest absolute Gasteiger partial charge is 0.000978 e. The van der Waals surface area contributed by atoms with E-state index < -0.39 is 0 Å². The van der Waals surface area contributed by atoms with Crippen LogP contribution in [0.4, 0.5) is 0 Å². The lowest BCUT2D eigenvalue weighted by atomic mass is 10.1. The van der Waals surface area contributed by atoms with Gasteiger partial charge in [0, 0.05) is 13.1 Å². The van der Waals surface area contributed by atoms with Gasteiger partial charge in [0.2, 0.25) is 0 Å². The molecule has 0 spiro atoms. The van der Waals surface area contributed by atoms with E-state index in [0.717, 1.165) is 17.8 Å². The largest absolute Gasteiger partial charge is 0.316 e. The number of nitrogens with zero attached hydrogens (tertiary/aromatic N) is 1. The molecule has 1 N–H and O–H groups in total. The number of hydrogen-bond acceptors (Lipinski definition) is 2. The van der Waals surface area contributed by atoms with Crippen molar-refractivity contribution in [2.45, 2.75) is 65.2 Å². The maximum Gasteiger partial charge on any atom is 0.000978 e. The summed E-state index contributed by atoms with van der Waals surface area (Å²) in [7, 11) is 0. The summed E-state index contributed by atoms with van der Waals surface area (Å²) in [5.74, 6) is 2.91. The molecule has 0 bridgehead atoms. The topological polar surface area (TPSA) is 15.3 Å². The van der Waals surface area contributed by atoms with Crippen molar-refractivity contribution in [3.05, 3.63) is 0 Å². The second-order valence-corrected chi connectivity index (χ2v) is 7.66. The SMILES string of the molecule is CC(C)CNCCCCCCN(CC1CC1)CC1CC1. The van der Waals surface area contributed by atoms with E-state index in [1.54, 1.807) is 0 Å². The second kappa shape index (κ2) is 9.04. The van der Waals surface area contributed by atoms with Crippen LogP contribution in [-0.2, 0) is 0 Å². The average Bonchev–Trinajstić information content (AvgIpc) is 3.27. The van der Waals surface area contributed by atoms with Gasteiger partial charge >= 0.3 is 0 Å². The van der Waals surface area contributed by atoms with E-state index in [9.17, 15) is 0 Å². The zero-order chi connectivity index (χ0) is 14.2. The van der Waals surface area contributed by atoms with Crippen LogP contribution in [0.15, 0.2) is 0 Å². The van der Waals surface area contributed by atoms with Gasteiger partial charge in [0.05, 0.1) is 0 Å². The number of unbranched alkanes of at least 4 members (excludes halogenated alkanes) is 3. The summed E-state index contributed by atoms with van der Waals surface area (Å²) in [5.41, 5.74) is 0. The zero-order valence-corrected chi connectivity index (χ0v) is 13.9. The fraction of sp³-hybridized carbons (Fsp3) is 1.00. The minimum Gasteiger partial charge on any atom is -0.316 e. The fourth-order valence-corrected chi connectivity index (χ4v) is 2.92. The highest BCUT2D eigenvalue weighted by molar-refractivity contribution is 4.82. The van der Waals surface area contributed by atoms with Crippen LogP contribution in [0.3, 0.4) is 0 Å². The molecule has 118 valence electrons. The molecule has 2 rings (SSSR count). The van der Waals surface area contributed by atoms with Gasteiger partial charge in [-0.1, -0.05) is 26.7 Å². The molecule has 2 aliphatic rings. The summed E-state index contributed by atoms with van der Waals surface area (Å²) in [4.78, 5) is 2.78. The first-order chi connectivity index (χ1) is 9.74. The monoisotopic (exact) mass is 280 g/mol. The Hall–Kier alpha value is -0.0800. The fourth-order valence-electron chi connectivity index (χ4n) is 2.92. The van der Waals surface area contributed by atoms with E-state index in [-0.39, 0.29) is 0 Å². The number of hydrogen-bond donors (Lipinski definition) is 1. The van der Waals surface area contributed by atoms with Crippen LogP contribution in [0.1, 0.15) is 65.2 Å². The lowest BCUT2D eigenvalue weighted by Crippen LogP contribution is -2.29. The first-order valence-electron chi connectivity index (χ1n) is 9.17. The highest BCUT2D eigenvalue weighted by atomic mass is 15.1. The Morgan fingerprint density at radius 3 is 2.05 bits per heavy atom. The Labute approximate surface area is 126 Å². The normalized spacial score (nSPS) is 19.2. The van der Waals surface area contributed by atoms with Crippen LogP contribution in [0, 0.1) is 17.8 Å². The van der Waals surface area contributed by atoms with Gasteiger partial charge in [-0.05, 0) is 75.9 Å². The molecule has 0 atom stereocenters. The standard InChI is InChI=1S/C18H36N2/c1-16(2)13-19-11-5-3-4-6-12-20(14-17-7-8-17)15-18-9-10-18/h16-19H,3-15H2,1-2H3. The van der Waals surface area contributed by atoms with Crippen molar-refractivity contribution in [3.8, 4) is 0 Å². The van der Waals surface area contributed by atoms with Crippen LogP contribution in [-0.4, -0.2) is 37.6 Å². The number of nitrogens with one attached hydrogen (secondary N) is 1. The lowest BCUT2D eigenvalue weighted by molar-refractivity contribution is 0.246.